The molecule has 0 unspecified atom stereocenters. The second-order valence-electron chi connectivity index (χ2n) is 6.56. The Morgan fingerprint density at radius 3 is 2.55 bits per heavy atom. The molecular weight excluding hydrogens is 483 g/mol. The van der Waals surface area contributed by atoms with Gasteiger partial charge in [-0.05, 0) is 42.7 Å². The Morgan fingerprint density at radius 2 is 1.90 bits per heavy atom. The normalized spacial score (nSPS) is 14.2. The summed E-state index contributed by atoms with van der Waals surface area (Å²) in [6.45, 7) is 1.22. The Morgan fingerprint density at radius 1 is 1.14 bits per heavy atom. The standard InChI is InChI=1S/C21H26N4O3.HI/c1-27-17-10-11-19(28-2)18(13-17)24-21(22)23-14-15-6-8-16(9-7-15)25-12-4-3-5-20(25)26;/h6-11,13H,3-5,12,14H2,1-2H3,(H3,22,23,24);1H. The van der Waals surface area contributed by atoms with Crippen LogP contribution < -0.4 is 25.4 Å². The van der Waals surface area contributed by atoms with Gasteiger partial charge in [-0.2, -0.15) is 0 Å². The monoisotopic (exact) mass is 510 g/mol. The maximum absolute atomic E-state index is 12.0. The molecule has 1 fully saturated rings. The Labute approximate surface area is 188 Å². The molecule has 8 heteroatoms. The molecule has 156 valence electrons. The van der Waals surface area contributed by atoms with Crippen molar-refractivity contribution in [3.05, 3.63) is 48.0 Å². The number of hydrogen-bond acceptors (Lipinski definition) is 4. The van der Waals surface area contributed by atoms with Gasteiger partial charge in [0.2, 0.25) is 5.91 Å². The first-order chi connectivity index (χ1) is 13.6. The molecule has 0 radical (unpaired) electrons. The Hall–Kier alpha value is -2.49. The third kappa shape index (κ3) is 5.99. The van der Waals surface area contributed by atoms with Gasteiger partial charge in [0.1, 0.15) is 11.5 Å². The maximum Gasteiger partial charge on any atom is 0.226 e. The number of amides is 1. The van der Waals surface area contributed by atoms with Gasteiger partial charge >= 0.3 is 0 Å². The molecule has 7 nitrogen and oxygen atoms in total. The van der Waals surface area contributed by atoms with Crippen molar-refractivity contribution >= 4 is 47.2 Å². The number of carbonyl (C=O) groups excluding carboxylic acids is 1. The van der Waals surface area contributed by atoms with Gasteiger partial charge in [0.05, 0.1) is 26.5 Å². The van der Waals surface area contributed by atoms with Crippen LogP contribution in [0.1, 0.15) is 24.8 Å². The second-order valence-corrected chi connectivity index (χ2v) is 6.56. The second kappa shape index (κ2) is 10.9. The number of aliphatic imine (C=N–C) groups is 1. The Kier molecular flexibility index (Phi) is 8.56. The van der Waals surface area contributed by atoms with Gasteiger partial charge in [-0.3, -0.25) is 4.79 Å². The van der Waals surface area contributed by atoms with Gasteiger partial charge in [-0.25, -0.2) is 4.99 Å². The highest BCUT2D eigenvalue weighted by atomic mass is 127. The number of anilines is 2. The van der Waals surface area contributed by atoms with E-state index < -0.39 is 0 Å². The van der Waals surface area contributed by atoms with Crippen molar-refractivity contribution in [3.8, 4) is 11.5 Å². The molecular formula is C21H27IN4O3. The van der Waals surface area contributed by atoms with Gasteiger partial charge in [0.15, 0.2) is 5.96 Å². The number of halogens is 1. The van der Waals surface area contributed by atoms with E-state index in [1.54, 1.807) is 26.4 Å². The molecule has 0 spiro atoms. The van der Waals surface area contributed by atoms with Gasteiger partial charge in [-0.1, -0.05) is 12.1 Å². The number of benzene rings is 2. The summed E-state index contributed by atoms with van der Waals surface area (Å²) in [5, 5.41) is 3.05. The molecule has 3 N–H and O–H groups in total. The molecule has 0 atom stereocenters. The van der Waals surface area contributed by atoms with Crippen LogP contribution in [-0.4, -0.2) is 32.6 Å². The highest BCUT2D eigenvalue weighted by Gasteiger charge is 2.19. The number of nitrogens with zero attached hydrogens (tertiary/aromatic N) is 2. The molecule has 2 aromatic carbocycles. The molecule has 3 rings (SSSR count). The van der Waals surface area contributed by atoms with E-state index >= 15 is 0 Å². The molecule has 1 aliphatic heterocycles. The first-order valence-corrected chi connectivity index (χ1v) is 9.29. The highest BCUT2D eigenvalue weighted by Crippen LogP contribution is 2.28. The lowest BCUT2D eigenvalue weighted by molar-refractivity contribution is -0.119. The predicted octanol–water partition coefficient (Wildman–Crippen LogP) is 3.77. The zero-order valence-corrected chi connectivity index (χ0v) is 19.0. The van der Waals surface area contributed by atoms with E-state index in [1.165, 1.54) is 0 Å². The first-order valence-electron chi connectivity index (χ1n) is 9.29. The van der Waals surface area contributed by atoms with Crippen molar-refractivity contribution in [1.29, 1.82) is 0 Å². The molecule has 1 amide bonds. The number of ether oxygens (including phenoxy) is 2. The zero-order valence-electron chi connectivity index (χ0n) is 16.7. The average Bonchev–Trinajstić information content (AvgIpc) is 2.73. The summed E-state index contributed by atoms with van der Waals surface area (Å²) in [5.41, 5.74) is 8.65. The van der Waals surface area contributed by atoms with Gasteiger partial charge in [0, 0.05) is 24.7 Å². The van der Waals surface area contributed by atoms with E-state index in [2.05, 4.69) is 10.3 Å². The molecule has 1 aliphatic rings. The van der Waals surface area contributed by atoms with Crippen LogP contribution in [-0.2, 0) is 11.3 Å². The van der Waals surface area contributed by atoms with Crippen LogP contribution in [0.15, 0.2) is 47.5 Å². The van der Waals surface area contributed by atoms with Gasteiger partial charge < -0.3 is 25.4 Å². The van der Waals surface area contributed by atoms with Crippen molar-refractivity contribution in [1.82, 2.24) is 0 Å². The summed E-state index contributed by atoms with van der Waals surface area (Å²) in [6, 6.07) is 13.3. The molecule has 0 bridgehead atoms. The molecule has 1 heterocycles. The van der Waals surface area contributed by atoms with Crippen LogP contribution in [0.5, 0.6) is 11.5 Å². The summed E-state index contributed by atoms with van der Waals surface area (Å²) in [7, 11) is 3.19. The largest absolute Gasteiger partial charge is 0.497 e. The van der Waals surface area contributed by atoms with Crippen LogP contribution in [0.25, 0.3) is 0 Å². The molecule has 2 aromatic rings. The number of methoxy groups -OCH3 is 2. The number of nitrogens with two attached hydrogens (primary N) is 1. The molecule has 0 aliphatic carbocycles. The molecule has 1 saturated heterocycles. The molecule has 0 saturated carbocycles. The fourth-order valence-corrected chi connectivity index (χ4v) is 3.13. The number of carbonyl (C=O) groups is 1. The van der Waals surface area contributed by atoms with Crippen LogP contribution in [0.3, 0.4) is 0 Å². The van der Waals surface area contributed by atoms with Crippen molar-refractivity contribution in [2.75, 3.05) is 31.0 Å². The van der Waals surface area contributed by atoms with Crippen molar-refractivity contribution < 1.29 is 14.3 Å². The smallest absolute Gasteiger partial charge is 0.226 e. The van der Waals surface area contributed by atoms with E-state index in [0.29, 0.717) is 30.2 Å². The van der Waals surface area contributed by atoms with Crippen molar-refractivity contribution in [3.63, 3.8) is 0 Å². The SMILES string of the molecule is COc1ccc(OC)c(NC(N)=NCc2ccc(N3CCCCC3=O)cc2)c1.I. The number of hydrogen-bond donors (Lipinski definition) is 2. The van der Waals surface area contributed by atoms with Crippen molar-refractivity contribution in [2.45, 2.75) is 25.8 Å². The number of rotatable bonds is 6. The maximum atomic E-state index is 12.0. The fraction of sp³-hybridized carbons (Fsp3) is 0.333. The Balaban J connectivity index is 0.00000300. The third-order valence-corrected chi connectivity index (χ3v) is 4.67. The summed E-state index contributed by atoms with van der Waals surface area (Å²) in [6.07, 6.45) is 2.65. The lowest BCUT2D eigenvalue weighted by Crippen LogP contribution is -2.35. The van der Waals surface area contributed by atoms with Crippen molar-refractivity contribution in [2.24, 2.45) is 10.7 Å². The number of piperidine rings is 1. The van der Waals surface area contributed by atoms with Gasteiger partial charge in [0.25, 0.3) is 0 Å². The van der Waals surface area contributed by atoms with Crippen LogP contribution in [0.2, 0.25) is 0 Å². The van der Waals surface area contributed by atoms with E-state index in [4.69, 9.17) is 15.2 Å². The minimum Gasteiger partial charge on any atom is -0.497 e. The third-order valence-electron chi connectivity index (χ3n) is 4.67. The molecule has 29 heavy (non-hydrogen) atoms. The zero-order chi connectivity index (χ0) is 19.9. The van der Waals surface area contributed by atoms with E-state index in [0.717, 1.165) is 30.6 Å². The summed E-state index contributed by atoms with van der Waals surface area (Å²) in [4.78, 5) is 18.3. The lowest BCUT2D eigenvalue weighted by Gasteiger charge is -2.26. The number of nitrogens with one attached hydrogen (secondary N) is 1. The van der Waals surface area contributed by atoms with E-state index in [1.807, 2.05) is 35.2 Å². The van der Waals surface area contributed by atoms with E-state index in [-0.39, 0.29) is 35.8 Å². The topological polar surface area (TPSA) is 89.2 Å². The highest BCUT2D eigenvalue weighted by molar-refractivity contribution is 14.0. The minimum atomic E-state index is 0. The quantitative estimate of drug-likeness (QED) is 0.351. The predicted molar refractivity (Wildman–Crippen MR) is 127 cm³/mol. The van der Waals surface area contributed by atoms with Crippen LogP contribution in [0.4, 0.5) is 11.4 Å². The lowest BCUT2D eigenvalue weighted by atomic mass is 10.1. The fourth-order valence-electron chi connectivity index (χ4n) is 3.13. The molecule has 0 aromatic heterocycles. The van der Waals surface area contributed by atoms with Gasteiger partial charge in [-0.15, -0.1) is 24.0 Å². The van der Waals surface area contributed by atoms with Crippen LogP contribution >= 0.6 is 24.0 Å². The van der Waals surface area contributed by atoms with Crippen LogP contribution in [0, 0.1) is 0 Å². The Bertz CT molecular complexity index is 856. The first kappa shape index (κ1) is 22.8. The minimum absolute atomic E-state index is 0. The van der Waals surface area contributed by atoms with E-state index in [9.17, 15) is 4.79 Å². The number of guanidine groups is 1. The summed E-state index contributed by atoms with van der Waals surface area (Å²) in [5.74, 6) is 1.81. The average molecular weight is 510 g/mol. The summed E-state index contributed by atoms with van der Waals surface area (Å²) < 4.78 is 10.6. The summed E-state index contributed by atoms with van der Waals surface area (Å²) >= 11 is 0.